The van der Waals surface area contributed by atoms with Crippen LogP contribution in [0.25, 0.3) is 0 Å². The van der Waals surface area contributed by atoms with E-state index in [-0.39, 0.29) is 19.0 Å². The molecule has 94 valence electrons. The van der Waals surface area contributed by atoms with Gasteiger partial charge >= 0.3 is 5.97 Å². The van der Waals surface area contributed by atoms with Gasteiger partial charge in [0, 0.05) is 19.0 Å². The van der Waals surface area contributed by atoms with Crippen LogP contribution in [0.4, 0.5) is 0 Å². The van der Waals surface area contributed by atoms with Crippen LogP contribution in [0.15, 0.2) is 0 Å². The molecule has 7 nitrogen and oxygen atoms in total. The summed E-state index contributed by atoms with van der Waals surface area (Å²) in [4.78, 5) is 10.8. The Labute approximate surface area is 94.2 Å². The number of carbonyl (C=O) groups is 1. The van der Waals surface area contributed by atoms with Gasteiger partial charge < -0.3 is 10.2 Å². The highest BCUT2D eigenvalue weighted by Gasteiger charge is 2.42. The van der Waals surface area contributed by atoms with Crippen LogP contribution in [0, 0.1) is 0 Å². The fourth-order valence-electron chi connectivity index (χ4n) is 1.64. The van der Waals surface area contributed by atoms with Crippen LogP contribution in [0.2, 0.25) is 0 Å². The van der Waals surface area contributed by atoms with E-state index >= 15 is 0 Å². The van der Waals surface area contributed by atoms with E-state index in [9.17, 15) is 18.3 Å². The lowest BCUT2D eigenvalue weighted by molar-refractivity contribution is -0.140. The van der Waals surface area contributed by atoms with E-state index in [1.807, 2.05) is 0 Å². The van der Waals surface area contributed by atoms with Crippen molar-refractivity contribution < 1.29 is 23.4 Å². The fraction of sp³-hybridized carbons (Fsp3) is 0.875. The van der Waals surface area contributed by atoms with Gasteiger partial charge in [0.2, 0.25) is 0 Å². The second-order valence-electron chi connectivity index (χ2n) is 4.09. The number of hydrogen-bond acceptors (Lipinski definition) is 4. The minimum absolute atomic E-state index is 0.0751. The number of rotatable bonds is 4. The van der Waals surface area contributed by atoms with Gasteiger partial charge in [0.05, 0.1) is 6.10 Å². The van der Waals surface area contributed by atoms with E-state index < -0.39 is 28.3 Å². The topological polar surface area (TPSA) is 107 Å². The predicted octanol–water partition coefficient (Wildman–Crippen LogP) is -1.25. The molecule has 0 saturated carbocycles. The average Bonchev–Trinajstić information content (AvgIpc) is 2.45. The van der Waals surface area contributed by atoms with E-state index in [1.165, 1.54) is 0 Å². The Bertz CT molecular complexity index is 367. The number of carboxylic acid groups (broad SMARTS) is 1. The molecule has 1 aliphatic heterocycles. The molecule has 1 saturated heterocycles. The normalized spacial score (nSPS) is 27.5. The molecule has 0 aliphatic carbocycles. The Kier molecular flexibility index (Phi) is 3.89. The molecule has 0 spiro atoms. The number of carboxylic acids is 1. The highest BCUT2D eigenvalue weighted by molar-refractivity contribution is 7.87. The third kappa shape index (κ3) is 2.91. The molecular weight excluding hydrogens is 236 g/mol. The van der Waals surface area contributed by atoms with E-state index in [0.717, 1.165) is 4.31 Å². The number of β-amino-alcohol motifs (C(OH)–C–C–N with tert-alkyl or cyclic N) is 1. The molecule has 0 bridgehead atoms. The van der Waals surface area contributed by atoms with Crippen LogP contribution in [0.5, 0.6) is 0 Å². The summed E-state index contributed by atoms with van der Waals surface area (Å²) >= 11 is 0. The molecule has 0 radical (unpaired) electrons. The molecule has 0 aromatic rings. The molecule has 0 aromatic heterocycles. The summed E-state index contributed by atoms with van der Waals surface area (Å²) in [7, 11) is -3.84. The number of aliphatic carboxylic acids is 1. The molecule has 1 aliphatic rings. The SMILES string of the molecule is CC(C)NS(=O)(=O)N1CC(O)CC1C(=O)O. The monoisotopic (exact) mass is 252 g/mol. The summed E-state index contributed by atoms with van der Waals surface area (Å²) in [6.07, 6.45) is -1.00. The fourth-order valence-corrected chi connectivity index (χ4v) is 3.25. The average molecular weight is 252 g/mol. The lowest BCUT2D eigenvalue weighted by Gasteiger charge is -2.22. The van der Waals surface area contributed by atoms with Gasteiger partial charge in [0.1, 0.15) is 6.04 Å². The van der Waals surface area contributed by atoms with Crippen molar-refractivity contribution in [2.75, 3.05) is 6.54 Å². The van der Waals surface area contributed by atoms with Gasteiger partial charge in [-0.25, -0.2) is 0 Å². The molecule has 16 heavy (non-hydrogen) atoms. The predicted molar refractivity (Wildman–Crippen MR) is 55.9 cm³/mol. The van der Waals surface area contributed by atoms with Gasteiger partial charge in [0.25, 0.3) is 10.2 Å². The maximum Gasteiger partial charge on any atom is 0.322 e. The van der Waals surface area contributed by atoms with E-state index in [2.05, 4.69) is 4.72 Å². The summed E-state index contributed by atoms with van der Waals surface area (Å²) in [5, 5.41) is 18.2. The van der Waals surface area contributed by atoms with E-state index in [0.29, 0.717) is 0 Å². The Hall–Kier alpha value is -0.700. The van der Waals surface area contributed by atoms with Gasteiger partial charge in [-0.2, -0.15) is 17.4 Å². The molecule has 2 atom stereocenters. The van der Waals surface area contributed by atoms with Crippen LogP contribution in [-0.4, -0.2) is 53.6 Å². The third-order valence-corrected chi connectivity index (χ3v) is 4.00. The molecular formula is C8H16N2O5S. The summed E-state index contributed by atoms with van der Waals surface area (Å²) < 4.78 is 26.6. The van der Waals surface area contributed by atoms with E-state index in [1.54, 1.807) is 13.8 Å². The Morgan fingerprint density at radius 2 is 2.06 bits per heavy atom. The van der Waals surface area contributed by atoms with Crippen molar-refractivity contribution in [2.24, 2.45) is 0 Å². The molecule has 3 N–H and O–H groups in total. The van der Waals surface area contributed by atoms with Crippen molar-refractivity contribution >= 4 is 16.2 Å². The lowest BCUT2D eigenvalue weighted by atomic mass is 10.2. The minimum atomic E-state index is -3.84. The maximum atomic E-state index is 11.7. The molecule has 8 heteroatoms. The number of aliphatic hydroxyl groups is 1. The van der Waals surface area contributed by atoms with Crippen molar-refractivity contribution in [3.8, 4) is 0 Å². The van der Waals surface area contributed by atoms with Crippen LogP contribution in [0.3, 0.4) is 0 Å². The van der Waals surface area contributed by atoms with Crippen LogP contribution >= 0.6 is 0 Å². The first-order valence-electron chi connectivity index (χ1n) is 4.94. The summed E-state index contributed by atoms with van der Waals surface area (Å²) in [5.74, 6) is -1.24. The molecule has 1 fully saturated rings. The van der Waals surface area contributed by atoms with Crippen molar-refractivity contribution in [3.63, 3.8) is 0 Å². The second kappa shape index (κ2) is 4.66. The molecule has 1 heterocycles. The number of aliphatic hydroxyl groups excluding tert-OH is 1. The van der Waals surface area contributed by atoms with Crippen molar-refractivity contribution in [1.82, 2.24) is 9.03 Å². The first kappa shape index (κ1) is 13.4. The van der Waals surface area contributed by atoms with Gasteiger partial charge in [0.15, 0.2) is 0 Å². The van der Waals surface area contributed by atoms with Gasteiger partial charge in [-0.3, -0.25) is 4.79 Å². The lowest BCUT2D eigenvalue weighted by Crippen LogP contribution is -2.48. The Morgan fingerprint density at radius 3 is 2.50 bits per heavy atom. The second-order valence-corrected chi connectivity index (χ2v) is 5.75. The molecule has 1 rings (SSSR count). The van der Waals surface area contributed by atoms with Crippen LogP contribution in [-0.2, 0) is 15.0 Å². The number of nitrogens with zero attached hydrogens (tertiary/aromatic N) is 1. The number of nitrogens with one attached hydrogen (secondary N) is 1. The molecule has 0 amide bonds. The zero-order chi connectivity index (χ0) is 12.5. The molecule has 0 aromatic carbocycles. The summed E-state index contributed by atoms with van der Waals surface area (Å²) in [5.41, 5.74) is 0. The zero-order valence-electron chi connectivity index (χ0n) is 9.12. The summed E-state index contributed by atoms with van der Waals surface area (Å²) in [6.45, 7) is 3.10. The largest absolute Gasteiger partial charge is 0.480 e. The van der Waals surface area contributed by atoms with Gasteiger partial charge in [-0.05, 0) is 13.8 Å². The maximum absolute atomic E-state index is 11.7. The molecule has 2 unspecified atom stereocenters. The smallest absolute Gasteiger partial charge is 0.322 e. The summed E-state index contributed by atoms with van der Waals surface area (Å²) in [6, 6.07) is -1.51. The quantitative estimate of drug-likeness (QED) is 0.579. The Morgan fingerprint density at radius 1 is 1.50 bits per heavy atom. The minimum Gasteiger partial charge on any atom is -0.480 e. The van der Waals surface area contributed by atoms with Gasteiger partial charge in [-0.1, -0.05) is 0 Å². The van der Waals surface area contributed by atoms with Crippen molar-refractivity contribution in [2.45, 2.75) is 38.5 Å². The van der Waals surface area contributed by atoms with Crippen LogP contribution in [0.1, 0.15) is 20.3 Å². The number of hydrogen-bond donors (Lipinski definition) is 3. The van der Waals surface area contributed by atoms with Gasteiger partial charge in [-0.15, -0.1) is 0 Å². The third-order valence-electron chi connectivity index (χ3n) is 2.21. The van der Waals surface area contributed by atoms with Crippen molar-refractivity contribution in [3.05, 3.63) is 0 Å². The van der Waals surface area contributed by atoms with Crippen LogP contribution < -0.4 is 4.72 Å². The van der Waals surface area contributed by atoms with Crippen molar-refractivity contribution in [1.29, 1.82) is 0 Å². The first-order valence-corrected chi connectivity index (χ1v) is 6.38. The standard InChI is InChI=1S/C8H16N2O5S/c1-5(2)9-16(14,15)10-4-6(11)3-7(10)8(12)13/h5-7,9,11H,3-4H2,1-2H3,(H,12,13). The van der Waals surface area contributed by atoms with E-state index in [4.69, 9.17) is 5.11 Å². The zero-order valence-corrected chi connectivity index (χ0v) is 9.94. The Balaban J connectivity index is 2.89. The first-order chi connectivity index (χ1) is 7.24. The highest BCUT2D eigenvalue weighted by atomic mass is 32.2. The highest BCUT2D eigenvalue weighted by Crippen LogP contribution is 2.21.